The van der Waals surface area contributed by atoms with E-state index in [1.807, 2.05) is 30.9 Å². The summed E-state index contributed by atoms with van der Waals surface area (Å²) in [5.41, 5.74) is 2.95. The third-order valence-corrected chi connectivity index (χ3v) is 6.16. The van der Waals surface area contributed by atoms with E-state index in [0.29, 0.717) is 11.5 Å². The number of halogens is 6. The van der Waals surface area contributed by atoms with Gasteiger partial charge in [-0.3, -0.25) is 9.78 Å². The number of aryl methyl sites for hydroxylation is 2. The summed E-state index contributed by atoms with van der Waals surface area (Å²) in [7, 11) is 3.97. The van der Waals surface area contributed by atoms with E-state index in [1.165, 1.54) is 6.42 Å². The van der Waals surface area contributed by atoms with Crippen molar-refractivity contribution in [1.29, 1.82) is 0 Å². The van der Waals surface area contributed by atoms with Gasteiger partial charge in [0, 0.05) is 49.7 Å². The number of aromatic nitrogens is 1. The van der Waals surface area contributed by atoms with Crippen LogP contribution in [0.3, 0.4) is 0 Å². The minimum absolute atomic E-state index is 0.151. The minimum atomic E-state index is -5.08. The van der Waals surface area contributed by atoms with Gasteiger partial charge < -0.3 is 24.7 Å². The first-order valence-electron chi connectivity index (χ1n) is 11.4. The fourth-order valence-corrected chi connectivity index (χ4v) is 4.44. The number of carboxylic acid groups (broad SMARTS) is 2. The molecule has 1 amide bonds. The number of nitrogens with zero attached hydrogens (tertiary/aromatic N) is 3. The molecule has 1 atom stereocenters. The first kappa shape index (κ1) is 33.1. The van der Waals surface area contributed by atoms with Crippen LogP contribution in [0.25, 0.3) is 0 Å². The Kier molecular flexibility index (Phi) is 11.5. The molecule has 2 aliphatic heterocycles. The van der Waals surface area contributed by atoms with Gasteiger partial charge in [-0.2, -0.15) is 26.3 Å². The maximum atomic E-state index is 12.8. The standard InChI is InChI=1S/C19H29N3O2.2C2HF3O2/c1-14-9-16(10-15(2)20-14)18(23)22-7-5-19(6-8-22)11-17(12-24-4)21(3)13-19;2*3-2(4,5)1(6)7/h9-10,17H,5-8,11-13H2,1-4H3;2*(H,6,7). The number of hydrogen-bond acceptors (Lipinski definition) is 6. The second kappa shape index (κ2) is 13.2. The number of hydrogen-bond donors (Lipinski definition) is 2. The highest BCUT2D eigenvalue weighted by Gasteiger charge is 2.44. The Hall–Kier alpha value is -2.94. The zero-order valence-corrected chi connectivity index (χ0v) is 21.3. The lowest BCUT2D eigenvalue weighted by Gasteiger charge is -2.39. The highest BCUT2D eigenvalue weighted by molar-refractivity contribution is 5.94. The highest BCUT2D eigenvalue weighted by Crippen LogP contribution is 2.43. The number of likely N-dealkylation sites (N-methyl/N-ethyl adjacent to an activating group) is 1. The van der Waals surface area contributed by atoms with Gasteiger partial charge >= 0.3 is 24.3 Å². The number of methoxy groups -OCH3 is 1. The number of carbonyl (C=O) groups is 3. The second-order valence-electron chi connectivity index (χ2n) is 9.27. The molecule has 2 N–H and O–H groups in total. The number of aliphatic carboxylic acids is 2. The molecular formula is C23H31F6N3O6. The van der Waals surface area contributed by atoms with Gasteiger partial charge in [0.15, 0.2) is 0 Å². The van der Waals surface area contributed by atoms with Crippen LogP contribution in [0.1, 0.15) is 41.0 Å². The minimum Gasteiger partial charge on any atom is -0.475 e. The maximum Gasteiger partial charge on any atom is 0.490 e. The van der Waals surface area contributed by atoms with Gasteiger partial charge in [-0.25, -0.2) is 9.59 Å². The van der Waals surface area contributed by atoms with E-state index in [-0.39, 0.29) is 5.91 Å². The number of piperidine rings is 1. The smallest absolute Gasteiger partial charge is 0.475 e. The van der Waals surface area contributed by atoms with Crippen LogP contribution in [0.15, 0.2) is 12.1 Å². The molecule has 216 valence electrons. The zero-order chi connectivity index (χ0) is 29.5. The van der Waals surface area contributed by atoms with Crippen molar-refractivity contribution in [3.8, 4) is 0 Å². The lowest BCUT2D eigenvalue weighted by Crippen LogP contribution is -2.44. The van der Waals surface area contributed by atoms with Crippen molar-refractivity contribution >= 4 is 17.8 Å². The molecule has 2 aliphatic rings. The topological polar surface area (TPSA) is 120 Å². The molecule has 0 bridgehead atoms. The Bertz CT molecular complexity index is 933. The van der Waals surface area contributed by atoms with Gasteiger partial charge in [0.2, 0.25) is 0 Å². The van der Waals surface area contributed by atoms with Gasteiger partial charge in [-0.1, -0.05) is 0 Å². The summed E-state index contributed by atoms with van der Waals surface area (Å²) >= 11 is 0. The molecule has 15 heteroatoms. The van der Waals surface area contributed by atoms with E-state index >= 15 is 0 Å². The van der Waals surface area contributed by atoms with Crippen LogP contribution in [-0.4, -0.2) is 102 Å². The van der Waals surface area contributed by atoms with Crippen LogP contribution in [0.5, 0.6) is 0 Å². The van der Waals surface area contributed by atoms with Crippen LogP contribution in [0.4, 0.5) is 26.3 Å². The Labute approximate surface area is 215 Å². The lowest BCUT2D eigenvalue weighted by molar-refractivity contribution is -0.193. The summed E-state index contributed by atoms with van der Waals surface area (Å²) in [6.45, 7) is 7.52. The Morgan fingerprint density at radius 2 is 1.42 bits per heavy atom. The molecule has 2 saturated heterocycles. The summed E-state index contributed by atoms with van der Waals surface area (Å²) in [5.74, 6) is -5.36. The predicted octanol–water partition coefficient (Wildman–Crippen LogP) is 3.54. The van der Waals surface area contributed by atoms with Gasteiger partial charge in [0.1, 0.15) is 0 Å². The predicted molar refractivity (Wildman–Crippen MR) is 122 cm³/mol. The van der Waals surface area contributed by atoms with Crippen LogP contribution in [0, 0.1) is 19.3 Å². The summed E-state index contributed by atoms with van der Waals surface area (Å²) in [6.07, 6.45) is -6.80. The number of carboxylic acids is 2. The van der Waals surface area contributed by atoms with Crippen molar-refractivity contribution in [2.45, 2.75) is 51.5 Å². The molecule has 0 aliphatic carbocycles. The molecule has 0 saturated carbocycles. The Morgan fingerprint density at radius 3 is 1.79 bits per heavy atom. The number of pyridine rings is 1. The molecule has 0 radical (unpaired) electrons. The van der Waals surface area contributed by atoms with Gasteiger partial charge in [-0.05, 0) is 57.7 Å². The number of rotatable bonds is 3. The molecule has 1 unspecified atom stereocenters. The normalized spacial score (nSPS) is 19.2. The second-order valence-corrected chi connectivity index (χ2v) is 9.27. The monoisotopic (exact) mass is 559 g/mol. The molecular weight excluding hydrogens is 528 g/mol. The summed E-state index contributed by atoms with van der Waals surface area (Å²) in [5, 5.41) is 14.2. The maximum absolute atomic E-state index is 12.8. The highest BCUT2D eigenvalue weighted by atomic mass is 19.4. The van der Waals surface area contributed by atoms with Gasteiger partial charge in [0.05, 0.1) is 6.61 Å². The van der Waals surface area contributed by atoms with Crippen molar-refractivity contribution in [1.82, 2.24) is 14.8 Å². The van der Waals surface area contributed by atoms with E-state index in [9.17, 15) is 31.1 Å². The van der Waals surface area contributed by atoms with E-state index in [4.69, 9.17) is 24.5 Å². The number of ether oxygens (including phenoxy) is 1. The van der Waals surface area contributed by atoms with Crippen molar-refractivity contribution in [3.05, 3.63) is 29.1 Å². The third kappa shape index (κ3) is 10.1. The first-order valence-corrected chi connectivity index (χ1v) is 11.4. The van der Waals surface area contributed by atoms with Crippen molar-refractivity contribution in [2.24, 2.45) is 5.41 Å². The van der Waals surface area contributed by atoms with Crippen LogP contribution >= 0.6 is 0 Å². The fraction of sp³-hybridized carbons (Fsp3) is 0.652. The third-order valence-electron chi connectivity index (χ3n) is 6.16. The van der Waals surface area contributed by atoms with E-state index in [2.05, 4.69) is 16.9 Å². The average Bonchev–Trinajstić information content (AvgIpc) is 3.07. The first-order chi connectivity index (χ1) is 17.3. The molecule has 38 heavy (non-hydrogen) atoms. The number of likely N-dealkylation sites (tertiary alicyclic amines) is 2. The molecule has 1 aromatic rings. The fourth-order valence-electron chi connectivity index (χ4n) is 4.44. The largest absolute Gasteiger partial charge is 0.490 e. The average molecular weight is 560 g/mol. The molecule has 1 spiro atoms. The molecule has 3 rings (SSSR count). The molecule has 1 aromatic heterocycles. The SMILES string of the molecule is COCC1CC2(CCN(C(=O)c3cc(C)nc(C)c3)CC2)CN1C.O=C(O)C(F)(F)F.O=C(O)C(F)(F)F. The number of alkyl halides is 6. The van der Waals surface area contributed by atoms with Crippen molar-refractivity contribution in [3.63, 3.8) is 0 Å². The van der Waals surface area contributed by atoms with E-state index in [1.54, 1.807) is 7.11 Å². The zero-order valence-electron chi connectivity index (χ0n) is 21.3. The quantitative estimate of drug-likeness (QED) is 0.540. The van der Waals surface area contributed by atoms with Crippen LogP contribution < -0.4 is 0 Å². The Morgan fingerprint density at radius 1 is 1.00 bits per heavy atom. The Balaban J connectivity index is 0.000000426. The van der Waals surface area contributed by atoms with Crippen LogP contribution in [0.2, 0.25) is 0 Å². The van der Waals surface area contributed by atoms with E-state index < -0.39 is 24.3 Å². The van der Waals surface area contributed by atoms with E-state index in [0.717, 1.165) is 56.0 Å². The van der Waals surface area contributed by atoms with Crippen molar-refractivity contribution < 1.29 is 55.7 Å². The lowest BCUT2D eigenvalue weighted by atomic mass is 9.76. The molecule has 3 heterocycles. The number of amides is 1. The van der Waals surface area contributed by atoms with Crippen molar-refractivity contribution in [2.75, 3.05) is 40.4 Å². The van der Waals surface area contributed by atoms with Gasteiger partial charge in [-0.15, -0.1) is 0 Å². The van der Waals surface area contributed by atoms with Gasteiger partial charge in [0.25, 0.3) is 5.91 Å². The molecule has 2 fully saturated rings. The van der Waals surface area contributed by atoms with Crippen LogP contribution in [-0.2, 0) is 14.3 Å². The number of carbonyl (C=O) groups excluding carboxylic acids is 1. The summed E-state index contributed by atoms with van der Waals surface area (Å²) in [6, 6.07) is 4.32. The molecule has 0 aromatic carbocycles. The molecule has 9 nitrogen and oxygen atoms in total. The summed E-state index contributed by atoms with van der Waals surface area (Å²) < 4.78 is 68.8. The summed E-state index contributed by atoms with van der Waals surface area (Å²) in [4.78, 5) is 39.4.